The molecule has 0 radical (unpaired) electrons. The summed E-state index contributed by atoms with van der Waals surface area (Å²) in [7, 11) is 0. The summed E-state index contributed by atoms with van der Waals surface area (Å²) in [5.74, 6) is 0.838. The third-order valence-electron chi connectivity index (χ3n) is 3.73. The first kappa shape index (κ1) is 14.3. The van der Waals surface area contributed by atoms with Gasteiger partial charge in [-0.2, -0.15) is 5.06 Å². The minimum atomic E-state index is -0.871. The Morgan fingerprint density at radius 3 is 2.59 bits per heavy atom. The van der Waals surface area contributed by atoms with Crippen LogP contribution in [0.2, 0.25) is 0 Å². The number of hydroxylamine groups is 2. The Balaban J connectivity index is 1.80. The van der Waals surface area contributed by atoms with E-state index in [0.29, 0.717) is 29.4 Å². The molecule has 0 aliphatic heterocycles. The number of hydrogen-bond donors (Lipinski definition) is 2. The van der Waals surface area contributed by atoms with Crippen molar-refractivity contribution in [1.29, 1.82) is 0 Å². The minimum absolute atomic E-state index is 0.321. The normalized spacial score (nSPS) is 16.2. The summed E-state index contributed by atoms with van der Waals surface area (Å²) in [5, 5.41) is 10.3. The molecule has 0 fully saturated rings. The van der Waals surface area contributed by atoms with Crippen LogP contribution in [0.5, 0.6) is 11.5 Å². The number of hydrogen-bond acceptors (Lipinski definition) is 3. The second-order valence-corrected chi connectivity index (χ2v) is 5.15. The Labute approximate surface area is 126 Å². The zero-order valence-electron chi connectivity index (χ0n) is 11.7. The van der Waals surface area contributed by atoms with E-state index in [1.54, 1.807) is 24.3 Å². The summed E-state index contributed by atoms with van der Waals surface area (Å²) in [6.07, 6.45) is 1.32. The van der Waals surface area contributed by atoms with Crippen molar-refractivity contribution < 1.29 is 19.1 Å². The van der Waals surface area contributed by atoms with E-state index in [1.807, 2.05) is 6.07 Å². The lowest BCUT2D eigenvalue weighted by molar-refractivity contribution is -0.0757. The first-order chi connectivity index (χ1) is 10.5. The topological polar surface area (TPSA) is 75.8 Å². The highest BCUT2D eigenvalue weighted by Crippen LogP contribution is 2.37. The highest BCUT2D eigenvalue weighted by molar-refractivity contribution is 5.71. The zero-order chi connectivity index (χ0) is 15.7. The molecular formula is C16H15FN2O3. The van der Waals surface area contributed by atoms with E-state index in [2.05, 4.69) is 0 Å². The monoisotopic (exact) mass is 302 g/mol. The number of ether oxygens (including phenoxy) is 1. The van der Waals surface area contributed by atoms with Gasteiger partial charge in [0.05, 0.1) is 6.04 Å². The Morgan fingerprint density at radius 2 is 1.91 bits per heavy atom. The Morgan fingerprint density at radius 1 is 1.23 bits per heavy atom. The summed E-state index contributed by atoms with van der Waals surface area (Å²) in [5.41, 5.74) is 6.94. The van der Waals surface area contributed by atoms with E-state index in [0.717, 1.165) is 11.1 Å². The molecule has 114 valence electrons. The Hall–Kier alpha value is -2.60. The lowest BCUT2D eigenvalue weighted by Gasteiger charge is -2.20. The molecular weight excluding hydrogens is 287 g/mol. The van der Waals surface area contributed by atoms with Crippen LogP contribution in [-0.4, -0.2) is 16.3 Å². The summed E-state index contributed by atoms with van der Waals surface area (Å²) in [4.78, 5) is 11.1. The lowest BCUT2D eigenvalue weighted by atomic mass is 10.1. The van der Waals surface area contributed by atoms with Crippen LogP contribution in [-0.2, 0) is 6.42 Å². The molecule has 1 atom stereocenters. The van der Waals surface area contributed by atoms with Crippen molar-refractivity contribution in [2.75, 3.05) is 0 Å². The van der Waals surface area contributed by atoms with Crippen molar-refractivity contribution in [3.63, 3.8) is 0 Å². The number of benzene rings is 2. The molecule has 6 heteroatoms. The zero-order valence-corrected chi connectivity index (χ0v) is 11.7. The van der Waals surface area contributed by atoms with E-state index in [9.17, 15) is 14.4 Å². The number of halogens is 1. The summed E-state index contributed by atoms with van der Waals surface area (Å²) < 4.78 is 18.5. The van der Waals surface area contributed by atoms with Crippen LogP contribution in [0.1, 0.15) is 23.6 Å². The standard InChI is InChI=1S/C16H15FN2O3/c17-11-2-4-12(5-3-11)22-13-6-7-14-10(9-13)1-8-15(14)19(21)16(18)20/h2-7,9,15,21H,1,8H2,(H2,18,20). The number of carbonyl (C=O) groups is 1. The summed E-state index contributed by atoms with van der Waals surface area (Å²) in [6, 6.07) is 9.87. The molecule has 5 nitrogen and oxygen atoms in total. The van der Waals surface area contributed by atoms with Gasteiger partial charge in [0.15, 0.2) is 0 Å². The van der Waals surface area contributed by atoms with Gasteiger partial charge in [-0.15, -0.1) is 0 Å². The molecule has 2 aromatic rings. The predicted molar refractivity (Wildman–Crippen MR) is 77.2 cm³/mol. The second kappa shape index (κ2) is 5.65. The van der Waals surface area contributed by atoms with Crippen LogP contribution in [0.3, 0.4) is 0 Å². The van der Waals surface area contributed by atoms with Gasteiger partial charge in [-0.25, -0.2) is 9.18 Å². The second-order valence-electron chi connectivity index (χ2n) is 5.15. The van der Waals surface area contributed by atoms with Crippen molar-refractivity contribution >= 4 is 6.03 Å². The van der Waals surface area contributed by atoms with Gasteiger partial charge in [0.2, 0.25) is 0 Å². The maximum absolute atomic E-state index is 12.9. The number of rotatable bonds is 3. The number of nitrogens with zero attached hydrogens (tertiary/aromatic N) is 1. The average molecular weight is 302 g/mol. The third kappa shape index (κ3) is 2.73. The number of aryl methyl sites for hydroxylation is 1. The first-order valence-electron chi connectivity index (χ1n) is 6.88. The molecule has 1 aliphatic rings. The van der Waals surface area contributed by atoms with Gasteiger partial charge in [0.25, 0.3) is 0 Å². The van der Waals surface area contributed by atoms with Crippen molar-refractivity contribution in [3.05, 3.63) is 59.4 Å². The van der Waals surface area contributed by atoms with Crippen LogP contribution in [0.15, 0.2) is 42.5 Å². The van der Waals surface area contributed by atoms with Crippen molar-refractivity contribution in [2.24, 2.45) is 5.73 Å². The largest absolute Gasteiger partial charge is 0.457 e. The number of nitrogens with two attached hydrogens (primary N) is 1. The number of urea groups is 1. The molecule has 22 heavy (non-hydrogen) atoms. The van der Waals surface area contributed by atoms with E-state index in [4.69, 9.17) is 10.5 Å². The number of primary amides is 1. The fourth-order valence-corrected chi connectivity index (χ4v) is 2.68. The molecule has 2 amide bonds. The molecule has 1 unspecified atom stereocenters. The fraction of sp³-hybridized carbons (Fsp3) is 0.188. The number of fused-ring (bicyclic) bond motifs is 1. The average Bonchev–Trinajstić information content (AvgIpc) is 2.91. The Kier molecular flexibility index (Phi) is 3.68. The first-order valence-corrected chi connectivity index (χ1v) is 6.88. The molecule has 0 saturated carbocycles. The maximum Gasteiger partial charge on any atom is 0.339 e. The van der Waals surface area contributed by atoms with Gasteiger partial charge in [-0.1, -0.05) is 6.07 Å². The maximum atomic E-state index is 12.9. The van der Waals surface area contributed by atoms with Crippen LogP contribution < -0.4 is 10.5 Å². The number of carbonyl (C=O) groups excluding carboxylic acids is 1. The predicted octanol–water partition coefficient (Wildman–Crippen LogP) is 3.38. The van der Waals surface area contributed by atoms with Gasteiger partial charge in [0.1, 0.15) is 17.3 Å². The van der Waals surface area contributed by atoms with Crippen LogP contribution in [0.4, 0.5) is 9.18 Å². The molecule has 0 heterocycles. The lowest BCUT2D eigenvalue weighted by Crippen LogP contribution is -2.35. The molecule has 0 aromatic heterocycles. The van der Waals surface area contributed by atoms with Crippen LogP contribution in [0.25, 0.3) is 0 Å². The highest BCUT2D eigenvalue weighted by atomic mass is 19.1. The van der Waals surface area contributed by atoms with Gasteiger partial charge < -0.3 is 10.5 Å². The van der Waals surface area contributed by atoms with E-state index in [1.165, 1.54) is 12.1 Å². The Bertz CT molecular complexity index is 703. The molecule has 0 saturated heterocycles. The van der Waals surface area contributed by atoms with Crippen molar-refractivity contribution in [1.82, 2.24) is 5.06 Å². The minimum Gasteiger partial charge on any atom is -0.457 e. The third-order valence-corrected chi connectivity index (χ3v) is 3.73. The van der Waals surface area contributed by atoms with Crippen LogP contribution in [0, 0.1) is 5.82 Å². The van der Waals surface area contributed by atoms with E-state index < -0.39 is 12.1 Å². The smallest absolute Gasteiger partial charge is 0.339 e. The molecule has 0 bridgehead atoms. The fourth-order valence-electron chi connectivity index (χ4n) is 2.68. The van der Waals surface area contributed by atoms with Gasteiger partial charge in [-0.05, 0) is 60.4 Å². The molecule has 0 spiro atoms. The number of amides is 2. The van der Waals surface area contributed by atoms with Crippen LogP contribution >= 0.6 is 0 Å². The summed E-state index contributed by atoms with van der Waals surface area (Å²) >= 11 is 0. The van der Waals surface area contributed by atoms with Gasteiger partial charge in [-0.3, -0.25) is 5.21 Å². The van der Waals surface area contributed by atoms with E-state index in [-0.39, 0.29) is 5.82 Å². The molecule has 3 rings (SSSR count). The van der Waals surface area contributed by atoms with Gasteiger partial charge in [0, 0.05) is 0 Å². The molecule has 1 aliphatic carbocycles. The van der Waals surface area contributed by atoms with E-state index >= 15 is 0 Å². The summed E-state index contributed by atoms with van der Waals surface area (Å²) in [6.45, 7) is 0. The van der Waals surface area contributed by atoms with Gasteiger partial charge >= 0.3 is 6.03 Å². The SMILES string of the molecule is NC(=O)N(O)C1CCc2cc(Oc3ccc(F)cc3)ccc21. The molecule has 3 N–H and O–H groups in total. The van der Waals surface area contributed by atoms with Crippen molar-refractivity contribution in [2.45, 2.75) is 18.9 Å². The van der Waals surface area contributed by atoms with Crippen molar-refractivity contribution in [3.8, 4) is 11.5 Å². The highest BCUT2D eigenvalue weighted by Gasteiger charge is 2.29. The quantitative estimate of drug-likeness (QED) is 0.674. The molecule has 2 aromatic carbocycles.